The lowest BCUT2D eigenvalue weighted by atomic mass is 9.96. The van der Waals surface area contributed by atoms with Crippen molar-refractivity contribution in [2.75, 3.05) is 11.9 Å². The summed E-state index contributed by atoms with van der Waals surface area (Å²) >= 11 is 1.42. The fraction of sp³-hybridized carbons (Fsp3) is 0.263. The zero-order valence-electron chi connectivity index (χ0n) is 13.9. The van der Waals surface area contributed by atoms with Crippen molar-refractivity contribution in [2.45, 2.75) is 25.7 Å². The van der Waals surface area contributed by atoms with Gasteiger partial charge in [-0.2, -0.15) is 10.5 Å². The number of benzene rings is 1. The van der Waals surface area contributed by atoms with Gasteiger partial charge in [-0.3, -0.25) is 4.79 Å². The summed E-state index contributed by atoms with van der Waals surface area (Å²) in [6.07, 6.45) is 3.92. The second-order valence-corrected chi connectivity index (χ2v) is 6.95. The average molecular weight is 365 g/mol. The lowest BCUT2D eigenvalue weighted by Crippen LogP contribution is -2.21. The molecule has 130 valence electrons. The maximum atomic E-state index is 12.1. The third-order valence-corrected chi connectivity index (χ3v) is 5.31. The molecule has 2 aromatic rings. The fourth-order valence-corrected chi connectivity index (χ4v) is 4.12. The van der Waals surface area contributed by atoms with Gasteiger partial charge in [0.05, 0.1) is 22.8 Å². The highest BCUT2D eigenvalue weighted by Gasteiger charge is 2.22. The quantitative estimate of drug-likeness (QED) is 0.838. The number of fused-ring (bicyclic) bond motifs is 1. The molecule has 1 N–H and O–H groups in total. The number of thiophene rings is 1. The van der Waals surface area contributed by atoms with Crippen molar-refractivity contribution >= 4 is 28.2 Å². The van der Waals surface area contributed by atoms with Gasteiger partial charge in [0.2, 0.25) is 0 Å². The number of nitrogens with one attached hydrogen (secondary N) is 1. The molecule has 1 aliphatic carbocycles. The zero-order chi connectivity index (χ0) is 18.5. The van der Waals surface area contributed by atoms with Gasteiger partial charge in [-0.05, 0) is 49.4 Å². The fourth-order valence-electron chi connectivity index (χ4n) is 2.87. The molecule has 0 saturated carbocycles. The van der Waals surface area contributed by atoms with E-state index in [4.69, 9.17) is 10.00 Å². The molecule has 0 aliphatic heterocycles. The van der Waals surface area contributed by atoms with E-state index >= 15 is 0 Å². The molecule has 1 aromatic heterocycles. The van der Waals surface area contributed by atoms with Crippen LogP contribution in [-0.4, -0.2) is 18.5 Å². The lowest BCUT2D eigenvalue weighted by molar-refractivity contribution is -0.119. The molecule has 0 bridgehead atoms. The Bertz CT molecular complexity index is 950. The van der Waals surface area contributed by atoms with E-state index in [0.29, 0.717) is 16.1 Å². The van der Waals surface area contributed by atoms with Crippen molar-refractivity contribution < 1.29 is 14.3 Å². The minimum Gasteiger partial charge on any atom is -0.452 e. The number of nitrogens with zero attached hydrogens (tertiary/aromatic N) is 2. The van der Waals surface area contributed by atoms with Gasteiger partial charge in [0, 0.05) is 4.88 Å². The molecule has 1 aliphatic rings. The molecular formula is C19H15N3O3S. The Morgan fingerprint density at radius 3 is 2.77 bits per heavy atom. The van der Waals surface area contributed by atoms with E-state index in [1.807, 2.05) is 6.07 Å². The number of ether oxygens (including phenoxy) is 1. The van der Waals surface area contributed by atoms with Crippen LogP contribution in [-0.2, 0) is 22.4 Å². The first-order valence-electron chi connectivity index (χ1n) is 8.14. The number of rotatable bonds is 4. The number of esters is 1. The molecule has 1 amide bonds. The maximum absolute atomic E-state index is 12.1. The Labute approximate surface area is 154 Å². The predicted octanol–water partition coefficient (Wildman–Crippen LogP) is 3.17. The van der Waals surface area contributed by atoms with Crippen molar-refractivity contribution in [1.29, 1.82) is 10.5 Å². The third-order valence-electron chi connectivity index (χ3n) is 4.10. The third kappa shape index (κ3) is 3.74. The monoisotopic (exact) mass is 365 g/mol. The summed E-state index contributed by atoms with van der Waals surface area (Å²) in [5.41, 5.74) is 2.10. The molecule has 0 fully saturated rings. The van der Waals surface area contributed by atoms with Crippen molar-refractivity contribution in [3.8, 4) is 12.1 Å². The first-order chi connectivity index (χ1) is 12.6. The normalized spacial score (nSPS) is 12.4. The summed E-state index contributed by atoms with van der Waals surface area (Å²) in [5.74, 6) is -1.17. The average Bonchev–Trinajstić information content (AvgIpc) is 3.02. The molecule has 3 rings (SSSR count). The summed E-state index contributed by atoms with van der Waals surface area (Å²) in [6.45, 7) is -0.455. The molecule has 0 spiro atoms. The van der Waals surface area contributed by atoms with Crippen molar-refractivity contribution in [1.82, 2.24) is 0 Å². The van der Waals surface area contributed by atoms with Gasteiger partial charge in [-0.15, -0.1) is 11.3 Å². The van der Waals surface area contributed by atoms with Crippen LogP contribution in [0, 0.1) is 22.7 Å². The van der Waals surface area contributed by atoms with Crippen LogP contribution in [0.25, 0.3) is 0 Å². The van der Waals surface area contributed by atoms with E-state index in [1.54, 1.807) is 12.1 Å². The SMILES string of the molecule is N#Cc1cccc(C(=O)OCC(=O)Nc2sc3c(c2C#N)CCCC3)c1. The second-order valence-electron chi connectivity index (χ2n) is 5.84. The highest BCUT2D eigenvalue weighted by Crippen LogP contribution is 2.37. The van der Waals surface area contributed by atoms with Crippen LogP contribution in [0.1, 0.15) is 44.8 Å². The summed E-state index contributed by atoms with van der Waals surface area (Å²) < 4.78 is 5.00. The number of nitriles is 2. The molecule has 0 unspecified atom stereocenters. The Morgan fingerprint density at radius 2 is 2.00 bits per heavy atom. The molecule has 0 atom stereocenters. The first kappa shape index (κ1) is 17.7. The van der Waals surface area contributed by atoms with E-state index in [9.17, 15) is 14.9 Å². The van der Waals surface area contributed by atoms with Crippen LogP contribution >= 0.6 is 11.3 Å². The van der Waals surface area contributed by atoms with Crippen molar-refractivity contribution in [3.63, 3.8) is 0 Å². The molecule has 0 radical (unpaired) electrons. The number of aryl methyl sites for hydroxylation is 1. The van der Waals surface area contributed by atoms with E-state index in [1.165, 1.54) is 23.5 Å². The van der Waals surface area contributed by atoms with Gasteiger partial charge in [0.25, 0.3) is 5.91 Å². The molecule has 0 saturated heterocycles. The van der Waals surface area contributed by atoms with Gasteiger partial charge in [-0.1, -0.05) is 6.07 Å². The molecule has 7 heteroatoms. The first-order valence-corrected chi connectivity index (χ1v) is 8.96. The Balaban J connectivity index is 1.63. The number of carbonyl (C=O) groups is 2. The lowest BCUT2D eigenvalue weighted by Gasteiger charge is -2.09. The summed E-state index contributed by atoms with van der Waals surface area (Å²) in [7, 11) is 0. The van der Waals surface area contributed by atoms with Crippen LogP contribution in [0.4, 0.5) is 5.00 Å². The molecule has 6 nitrogen and oxygen atoms in total. The smallest absolute Gasteiger partial charge is 0.338 e. The maximum Gasteiger partial charge on any atom is 0.338 e. The van der Waals surface area contributed by atoms with E-state index < -0.39 is 18.5 Å². The van der Waals surface area contributed by atoms with E-state index in [-0.39, 0.29) is 5.56 Å². The molecule has 1 aromatic carbocycles. The van der Waals surface area contributed by atoms with Crippen molar-refractivity contribution in [2.24, 2.45) is 0 Å². The zero-order valence-corrected chi connectivity index (χ0v) is 14.7. The summed E-state index contributed by atoms with van der Waals surface area (Å²) in [6, 6.07) is 10.2. The minimum absolute atomic E-state index is 0.209. The minimum atomic E-state index is -0.678. The standard InChI is InChI=1S/C19H15N3O3S/c20-9-12-4-3-5-13(8-12)19(24)25-11-17(23)22-18-15(10-21)14-6-1-2-7-16(14)26-18/h3-5,8H,1-2,6-7,11H2,(H,22,23). The van der Waals surface area contributed by atoms with E-state index in [0.717, 1.165) is 36.1 Å². The van der Waals surface area contributed by atoms with Gasteiger partial charge in [0.1, 0.15) is 11.1 Å². The second kappa shape index (κ2) is 7.81. The topological polar surface area (TPSA) is 103 Å². The van der Waals surface area contributed by atoms with Crippen LogP contribution in [0.15, 0.2) is 24.3 Å². The van der Waals surface area contributed by atoms with Gasteiger partial charge >= 0.3 is 5.97 Å². The Hall–Kier alpha value is -3.16. The Morgan fingerprint density at radius 1 is 1.19 bits per heavy atom. The van der Waals surface area contributed by atoms with E-state index in [2.05, 4.69) is 11.4 Å². The summed E-state index contributed by atoms with van der Waals surface area (Å²) in [5, 5.41) is 21.4. The highest BCUT2D eigenvalue weighted by atomic mass is 32.1. The van der Waals surface area contributed by atoms with Crippen molar-refractivity contribution in [3.05, 3.63) is 51.4 Å². The molecular weight excluding hydrogens is 350 g/mol. The highest BCUT2D eigenvalue weighted by molar-refractivity contribution is 7.16. The van der Waals surface area contributed by atoms with Crippen LogP contribution < -0.4 is 5.32 Å². The number of hydrogen-bond acceptors (Lipinski definition) is 6. The number of hydrogen-bond donors (Lipinski definition) is 1. The molecule has 1 heterocycles. The largest absolute Gasteiger partial charge is 0.452 e. The van der Waals surface area contributed by atoms with Gasteiger partial charge in [0.15, 0.2) is 6.61 Å². The van der Waals surface area contributed by atoms with Crippen LogP contribution in [0.2, 0.25) is 0 Å². The van der Waals surface area contributed by atoms with Gasteiger partial charge in [-0.25, -0.2) is 4.79 Å². The van der Waals surface area contributed by atoms with Crippen LogP contribution in [0.5, 0.6) is 0 Å². The predicted molar refractivity (Wildman–Crippen MR) is 95.7 cm³/mol. The van der Waals surface area contributed by atoms with Crippen LogP contribution in [0.3, 0.4) is 0 Å². The summed E-state index contributed by atoms with van der Waals surface area (Å²) in [4.78, 5) is 25.2. The van der Waals surface area contributed by atoms with Gasteiger partial charge < -0.3 is 10.1 Å². The number of carbonyl (C=O) groups excluding carboxylic acids is 2. The number of anilines is 1. The number of amides is 1. The molecule has 26 heavy (non-hydrogen) atoms. The Kier molecular flexibility index (Phi) is 5.31.